The van der Waals surface area contributed by atoms with Crippen molar-refractivity contribution in [2.24, 2.45) is 16.6 Å². The highest BCUT2D eigenvalue weighted by Crippen LogP contribution is 2.30. The van der Waals surface area contributed by atoms with E-state index in [0.717, 1.165) is 32.1 Å². The van der Waals surface area contributed by atoms with Crippen LogP contribution in [-0.4, -0.2) is 37.7 Å². The lowest BCUT2D eigenvalue weighted by Gasteiger charge is -2.24. The van der Waals surface area contributed by atoms with E-state index in [1.165, 1.54) is 25.7 Å². The minimum absolute atomic E-state index is 0.157. The van der Waals surface area contributed by atoms with Gasteiger partial charge in [0.1, 0.15) is 12.3 Å². The van der Waals surface area contributed by atoms with E-state index in [1.807, 2.05) is 6.92 Å². The molecule has 0 spiro atoms. The fraction of sp³-hybridized carbons (Fsp3) is 0.684. The number of aliphatic imine (C=N–C) groups is 1. The molecule has 1 fully saturated rings. The molecule has 4 N–H and O–H groups in total. The molecule has 0 aliphatic heterocycles. The molecule has 1 saturated carbocycles. The van der Waals surface area contributed by atoms with Crippen molar-refractivity contribution < 1.29 is 13.9 Å². The topological polar surface area (TPSA) is 102 Å². The summed E-state index contributed by atoms with van der Waals surface area (Å²) in [5.41, 5.74) is 5.20. The normalized spacial score (nSPS) is 16.6. The molecule has 1 atom stereocenters. The summed E-state index contributed by atoms with van der Waals surface area (Å²) in [7, 11) is 0. The minimum Gasteiger partial charge on any atom is -0.454 e. The Kier molecular flexibility index (Phi) is 8.47. The van der Waals surface area contributed by atoms with E-state index in [-0.39, 0.29) is 5.76 Å². The van der Waals surface area contributed by atoms with Gasteiger partial charge in [-0.05, 0) is 51.2 Å². The number of furan rings is 1. The first-order valence-corrected chi connectivity index (χ1v) is 9.66. The van der Waals surface area contributed by atoms with Crippen molar-refractivity contribution >= 4 is 11.9 Å². The van der Waals surface area contributed by atoms with Crippen LogP contribution < -0.4 is 16.4 Å². The Morgan fingerprint density at radius 1 is 1.35 bits per heavy atom. The molecule has 1 unspecified atom stereocenters. The van der Waals surface area contributed by atoms with Crippen molar-refractivity contribution in [3.05, 3.63) is 23.7 Å². The number of guanidine groups is 1. The molecule has 1 amide bonds. The summed E-state index contributed by atoms with van der Waals surface area (Å²) in [6.45, 7) is 6.77. The number of carbonyl (C=O) groups is 1. The van der Waals surface area contributed by atoms with Gasteiger partial charge in [-0.3, -0.25) is 4.79 Å². The highest BCUT2D eigenvalue weighted by atomic mass is 16.5. The number of hydrogen-bond donors (Lipinski definition) is 3. The van der Waals surface area contributed by atoms with Crippen LogP contribution in [0, 0.1) is 5.92 Å². The first-order chi connectivity index (χ1) is 12.6. The maximum Gasteiger partial charge on any atom is 0.284 e. The van der Waals surface area contributed by atoms with Gasteiger partial charge < -0.3 is 25.5 Å². The van der Waals surface area contributed by atoms with Crippen LogP contribution in [0.15, 0.2) is 21.5 Å². The molecule has 1 aromatic heterocycles. The van der Waals surface area contributed by atoms with Gasteiger partial charge in [-0.25, -0.2) is 4.99 Å². The van der Waals surface area contributed by atoms with Crippen LogP contribution in [0.1, 0.15) is 62.3 Å². The molecule has 7 nitrogen and oxygen atoms in total. The summed E-state index contributed by atoms with van der Waals surface area (Å²) >= 11 is 0. The number of nitrogens with one attached hydrogen (secondary N) is 2. The first kappa shape index (κ1) is 20.3. The minimum atomic E-state index is -0.570. The van der Waals surface area contributed by atoms with Crippen LogP contribution in [0.5, 0.6) is 0 Å². The number of carbonyl (C=O) groups excluding carboxylic acids is 1. The largest absolute Gasteiger partial charge is 0.454 e. The van der Waals surface area contributed by atoms with Crippen molar-refractivity contribution in [3.63, 3.8) is 0 Å². The second-order valence-corrected chi connectivity index (χ2v) is 6.58. The molecule has 1 aliphatic rings. The molecule has 146 valence electrons. The molecule has 1 aromatic rings. The van der Waals surface area contributed by atoms with Crippen LogP contribution >= 0.6 is 0 Å². The molecule has 2 rings (SSSR count). The lowest BCUT2D eigenvalue weighted by atomic mass is 9.98. The Hall–Kier alpha value is -2.02. The standard InChI is InChI=1S/C19H32N4O3/c1-3-21-19(23-13-15-9-10-17(26-15)18(20)24)22-12-11-16(25-4-2)14-7-5-6-8-14/h9-10,14,16H,3-8,11-13H2,1-2H3,(H2,20,24)(H2,21,22,23). The summed E-state index contributed by atoms with van der Waals surface area (Å²) in [4.78, 5) is 15.6. The molecule has 0 saturated heterocycles. The Bertz CT molecular complexity index is 579. The summed E-state index contributed by atoms with van der Waals surface area (Å²) in [6, 6.07) is 3.29. The maximum atomic E-state index is 11.1. The summed E-state index contributed by atoms with van der Waals surface area (Å²) in [5, 5.41) is 6.58. The lowest BCUT2D eigenvalue weighted by molar-refractivity contribution is 0.0169. The van der Waals surface area contributed by atoms with Crippen molar-refractivity contribution in [2.45, 2.75) is 58.6 Å². The van der Waals surface area contributed by atoms with Crippen molar-refractivity contribution in [3.8, 4) is 0 Å². The molecule has 0 bridgehead atoms. The third kappa shape index (κ3) is 6.37. The van der Waals surface area contributed by atoms with Gasteiger partial charge in [0, 0.05) is 19.7 Å². The van der Waals surface area contributed by atoms with E-state index in [1.54, 1.807) is 12.1 Å². The van der Waals surface area contributed by atoms with E-state index < -0.39 is 5.91 Å². The number of nitrogens with zero attached hydrogens (tertiary/aromatic N) is 1. The highest BCUT2D eigenvalue weighted by Gasteiger charge is 2.25. The second-order valence-electron chi connectivity index (χ2n) is 6.58. The average molecular weight is 364 g/mol. The number of amides is 1. The van der Waals surface area contributed by atoms with Crippen molar-refractivity contribution in [1.82, 2.24) is 10.6 Å². The monoisotopic (exact) mass is 364 g/mol. The maximum absolute atomic E-state index is 11.1. The van der Waals surface area contributed by atoms with E-state index >= 15 is 0 Å². The van der Waals surface area contributed by atoms with Gasteiger partial charge in [0.25, 0.3) is 5.91 Å². The van der Waals surface area contributed by atoms with E-state index in [4.69, 9.17) is 14.9 Å². The van der Waals surface area contributed by atoms with Crippen LogP contribution in [0.4, 0.5) is 0 Å². The smallest absolute Gasteiger partial charge is 0.284 e. The molecule has 0 radical (unpaired) electrons. The first-order valence-electron chi connectivity index (χ1n) is 9.66. The summed E-state index contributed by atoms with van der Waals surface area (Å²) in [5.74, 6) is 1.61. The Labute approximate surface area is 155 Å². The predicted octanol–water partition coefficient (Wildman–Crippen LogP) is 2.42. The van der Waals surface area contributed by atoms with Crippen LogP contribution in [0.3, 0.4) is 0 Å². The molecule has 1 heterocycles. The third-order valence-electron chi connectivity index (χ3n) is 4.67. The van der Waals surface area contributed by atoms with E-state index in [0.29, 0.717) is 24.3 Å². The third-order valence-corrected chi connectivity index (χ3v) is 4.67. The van der Waals surface area contributed by atoms with Gasteiger partial charge in [-0.1, -0.05) is 12.8 Å². The van der Waals surface area contributed by atoms with Gasteiger partial charge >= 0.3 is 0 Å². The van der Waals surface area contributed by atoms with Gasteiger partial charge in [-0.2, -0.15) is 0 Å². The Balaban J connectivity index is 1.84. The summed E-state index contributed by atoms with van der Waals surface area (Å²) < 4.78 is 11.3. The Morgan fingerprint density at radius 2 is 2.12 bits per heavy atom. The quantitative estimate of drug-likeness (QED) is 0.437. The van der Waals surface area contributed by atoms with Crippen LogP contribution in [-0.2, 0) is 11.3 Å². The zero-order valence-corrected chi connectivity index (χ0v) is 15.9. The van der Waals surface area contributed by atoms with Crippen molar-refractivity contribution in [2.75, 3.05) is 19.7 Å². The molecule has 7 heteroatoms. The van der Waals surface area contributed by atoms with Gasteiger partial charge in [0.05, 0.1) is 6.10 Å². The zero-order chi connectivity index (χ0) is 18.8. The lowest BCUT2D eigenvalue weighted by Crippen LogP contribution is -2.39. The van der Waals surface area contributed by atoms with E-state index in [9.17, 15) is 4.79 Å². The molecule has 1 aliphatic carbocycles. The number of hydrogen-bond acceptors (Lipinski definition) is 4. The second kappa shape index (κ2) is 10.9. The number of primary amides is 1. The fourth-order valence-electron chi connectivity index (χ4n) is 3.43. The molecule has 26 heavy (non-hydrogen) atoms. The van der Waals surface area contributed by atoms with Gasteiger partial charge in [-0.15, -0.1) is 0 Å². The average Bonchev–Trinajstić information content (AvgIpc) is 3.30. The predicted molar refractivity (Wildman–Crippen MR) is 102 cm³/mol. The van der Waals surface area contributed by atoms with Crippen LogP contribution in [0.2, 0.25) is 0 Å². The molecular weight excluding hydrogens is 332 g/mol. The molecular formula is C19H32N4O3. The Morgan fingerprint density at radius 3 is 2.73 bits per heavy atom. The van der Waals surface area contributed by atoms with Gasteiger partial charge in [0.15, 0.2) is 11.7 Å². The SMILES string of the molecule is CCNC(=NCc1ccc(C(N)=O)o1)NCCC(OCC)C1CCCC1. The van der Waals surface area contributed by atoms with Crippen LogP contribution in [0.25, 0.3) is 0 Å². The van der Waals surface area contributed by atoms with E-state index in [2.05, 4.69) is 22.5 Å². The summed E-state index contributed by atoms with van der Waals surface area (Å²) in [6.07, 6.45) is 6.49. The zero-order valence-electron chi connectivity index (χ0n) is 15.9. The number of rotatable bonds is 10. The number of ether oxygens (including phenoxy) is 1. The fourth-order valence-corrected chi connectivity index (χ4v) is 3.43. The molecule has 0 aromatic carbocycles. The van der Waals surface area contributed by atoms with Crippen molar-refractivity contribution in [1.29, 1.82) is 0 Å². The van der Waals surface area contributed by atoms with Gasteiger partial charge in [0.2, 0.25) is 0 Å². The number of nitrogens with two attached hydrogens (primary N) is 1. The highest BCUT2D eigenvalue weighted by molar-refractivity contribution is 5.89.